The summed E-state index contributed by atoms with van der Waals surface area (Å²) in [5.74, 6) is -0.706. The van der Waals surface area contributed by atoms with Gasteiger partial charge in [0.25, 0.3) is 0 Å². The molecule has 0 bridgehead atoms. The molecule has 0 spiro atoms. The summed E-state index contributed by atoms with van der Waals surface area (Å²) in [4.78, 5) is 16.3. The van der Waals surface area contributed by atoms with E-state index in [1.54, 1.807) is 17.0 Å². The molecule has 0 amide bonds. The zero-order valence-electron chi connectivity index (χ0n) is 23.1. The number of anilines is 2. The fourth-order valence-corrected chi connectivity index (χ4v) is 5.86. The van der Waals surface area contributed by atoms with Crippen LogP contribution >= 0.6 is 0 Å². The lowest BCUT2D eigenvalue weighted by molar-refractivity contribution is 0.0332. The van der Waals surface area contributed by atoms with Gasteiger partial charge in [-0.05, 0) is 48.7 Å². The summed E-state index contributed by atoms with van der Waals surface area (Å²) in [7, 11) is 0. The summed E-state index contributed by atoms with van der Waals surface area (Å²) in [6.45, 7) is 8.23. The van der Waals surface area contributed by atoms with Gasteiger partial charge in [0.15, 0.2) is 0 Å². The van der Waals surface area contributed by atoms with E-state index in [4.69, 9.17) is 4.74 Å². The Hall–Kier alpha value is -3.44. The number of halogens is 2. The fraction of sp³-hybridized carbons (Fsp3) is 0.419. The normalized spacial score (nSPS) is 19.2. The second-order valence-electron chi connectivity index (χ2n) is 11.3. The van der Waals surface area contributed by atoms with Crippen molar-refractivity contribution in [2.45, 2.75) is 32.0 Å². The first-order chi connectivity index (χ1) is 20.1. The van der Waals surface area contributed by atoms with Gasteiger partial charge in [-0.3, -0.25) is 14.7 Å². The van der Waals surface area contributed by atoms with E-state index < -0.39 is 11.6 Å². The van der Waals surface area contributed by atoms with Gasteiger partial charge >= 0.3 is 0 Å². The summed E-state index contributed by atoms with van der Waals surface area (Å²) in [5, 5.41) is 4.06. The summed E-state index contributed by atoms with van der Waals surface area (Å²) in [6, 6.07) is 13.8. The molecule has 0 unspecified atom stereocenters. The minimum Gasteiger partial charge on any atom is -0.379 e. The van der Waals surface area contributed by atoms with Crippen LogP contribution < -0.4 is 5.32 Å². The Morgan fingerprint density at radius 3 is 2.27 bits per heavy atom. The molecular weight excluding hydrogens is 524 g/mol. The van der Waals surface area contributed by atoms with Crippen LogP contribution in [0.1, 0.15) is 24.0 Å². The molecule has 0 atom stereocenters. The molecule has 4 heterocycles. The number of fused-ring (bicyclic) bond motifs is 1. The third-order valence-electron chi connectivity index (χ3n) is 8.40. The summed E-state index contributed by atoms with van der Waals surface area (Å²) in [6.07, 6.45) is 6.22. The molecule has 8 nitrogen and oxygen atoms in total. The van der Waals surface area contributed by atoms with Gasteiger partial charge in [-0.1, -0.05) is 12.1 Å². The van der Waals surface area contributed by atoms with Crippen LogP contribution in [0.2, 0.25) is 0 Å². The van der Waals surface area contributed by atoms with Crippen molar-refractivity contribution in [3.05, 3.63) is 77.6 Å². The first kappa shape index (κ1) is 26.5. The molecule has 4 aromatic rings. The van der Waals surface area contributed by atoms with E-state index in [0.717, 1.165) is 36.7 Å². The van der Waals surface area contributed by atoms with Gasteiger partial charge in [0.1, 0.15) is 17.3 Å². The molecule has 2 aliphatic heterocycles. The van der Waals surface area contributed by atoms with Crippen molar-refractivity contribution < 1.29 is 13.5 Å². The number of ether oxygens (including phenoxy) is 1. The van der Waals surface area contributed by atoms with Crippen LogP contribution in [-0.2, 0) is 17.8 Å². The van der Waals surface area contributed by atoms with E-state index in [1.165, 1.54) is 43.6 Å². The van der Waals surface area contributed by atoms with Crippen LogP contribution in [0.5, 0.6) is 0 Å². The standard InChI is InChI=1S/C31H35F2N7O/c32-28-17-26(18-29(33)27(28)21-38-13-15-41-16-14-38)40-8-7-23-19-34-31(36-30(23)40)35-24-3-1-22(2-4-24)20-37-9-11-39(12-10-37)25-5-6-25/h1-4,7-8,17-19,25H,5-6,9-16,20-21H2,(H,34,35,36). The molecule has 10 heteroatoms. The highest BCUT2D eigenvalue weighted by Gasteiger charge is 2.31. The minimum atomic E-state index is -0.564. The molecule has 1 saturated carbocycles. The number of rotatable bonds is 8. The number of nitrogens with one attached hydrogen (secondary N) is 1. The number of aromatic nitrogens is 3. The second-order valence-corrected chi connectivity index (χ2v) is 11.3. The molecule has 2 saturated heterocycles. The molecule has 2 aromatic heterocycles. The van der Waals surface area contributed by atoms with E-state index in [0.29, 0.717) is 43.6 Å². The molecule has 214 valence electrons. The van der Waals surface area contributed by atoms with Gasteiger partial charge in [-0.15, -0.1) is 0 Å². The van der Waals surface area contributed by atoms with Gasteiger partial charge in [-0.25, -0.2) is 13.8 Å². The number of nitrogens with zero attached hydrogens (tertiary/aromatic N) is 6. The predicted molar refractivity (Wildman–Crippen MR) is 154 cm³/mol. The summed E-state index contributed by atoms with van der Waals surface area (Å²) in [5.41, 5.74) is 3.20. The van der Waals surface area contributed by atoms with Gasteiger partial charge in [0.05, 0.1) is 18.9 Å². The van der Waals surface area contributed by atoms with Gasteiger partial charge < -0.3 is 14.6 Å². The SMILES string of the molecule is Fc1cc(-n2ccc3cnc(Nc4ccc(CN5CCN(C6CC6)CC5)cc4)nc32)cc(F)c1CN1CCOCC1. The summed E-state index contributed by atoms with van der Waals surface area (Å²) >= 11 is 0. The van der Waals surface area contributed by atoms with E-state index in [2.05, 4.69) is 37.2 Å². The van der Waals surface area contributed by atoms with Crippen molar-refractivity contribution in [1.82, 2.24) is 29.2 Å². The monoisotopic (exact) mass is 559 g/mol. The number of benzene rings is 2. The second kappa shape index (κ2) is 11.4. The Morgan fingerprint density at radius 2 is 1.56 bits per heavy atom. The number of hydrogen-bond acceptors (Lipinski definition) is 7. The van der Waals surface area contributed by atoms with Crippen LogP contribution in [0.15, 0.2) is 54.9 Å². The molecule has 3 fully saturated rings. The average molecular weight is 560 g/mol. The first-order valence-electron chi connectivity index (χ1n) is 14.5. The fourth-order valence-electron chi connectivity index (χ4n) is 5.86. The Labute approximate surface area is 238 Å². The topological polar surface area (TPSA) is 61.7 Å². The van der Waals surface area contributed by atoms with E-state index in [1.807, 2.05) is 23.1 Å². The number of piperazine rings is 1. The van der Waals surface area contributed by atoms with E-state index >= 15 is 8.78 Å². The van der Waals surface area contributed by atoms with E-state index in [-0.39, 0.29) is 12.1 Å². The quantitative estimate of drug-likeness (QED) is 0.340. The predicted octanol–water partition coefficient (Wildman–Crippen LogP) is 4.55. The highest BCUT2D eigenvalue weighted by molar-refractivity contribution is 5.78. The van der Waals surface area contributed by atoms with Gasteiger partial charge in [-0.2, -0.15) is 4.98 Å². The number of hydrogen-bond donors (Lipinski definition) is 1. The maximum absolute atomic E-state index is 15.1. The summed E-state index contributed by atoms with van der Waals surface area (Å²) < 4.78 is 37.2. The minimum absolute atomic E-state index is 0.0769. The van der Waals surface area contributed by atoms with Crippen LogP contribution in [0.25, 0.3) is 16.7 Å². The van der Waals surface area contributed by atoms with Gasteiger partial charge in [0.2, 0.25) is 5.95 Å². The van der Waals surface area contributed by atoms with Crippen molar-refractivity contribution >= 4 is 22.7 Å². The lowest BCUT2D eigenvalue weighted by Crippen LogP contribution is -2.46. The largest absolute Gasteiger partial charge is 0.379 e. The van der Waals surface area contributed by atoms with Gasteiger partial charge in [0, 0.05) is 87.4 Å². The molecule has 41 heavy (non-hydrogen) atoms. The molecule has 0 radical (unpaired) electrons. The lowest BCUT2D eigenvalue weighted by Gasteiger charge is -2.34. The van der Waals surface area contributed by atoms with Crippen molar-refractivity contribution in [2.75, 3.05) is 57.8 Å². The third-order valence-corrected chi connectivity index (χ3v) is 8.40. The Balaban J connectivity index is 1.03. The van der Waals surface area contributed by atoms with Crippen molar-refractivity contribution in [2.24, 2.45) is 0 Å². The lowest BCUT2D eigenvalue weighted by atomic mass is 10.1. The van der Waals surface area contributed by atoms with Crippen LogP contribution in [-0.4, -0.2) is 87.8 Å². The molecule has 1 aliphatic carbocycles. The van der Waals surface area contributed by atoms with Crippen molar-refractivity contribution in [3.63, 3.8) is 0 Å². The first-order valence-corrected chi connectivity index (χ1v) is 14.5. The molecule has 3 aliphatic rings. The Morgan fingerprint density at radius 1 is 0.854 bits per heavy atom. The zero-order valence-corrected chi connectivity index (χ0v) is 23.1. The molecule has 2 aromatic carbocycles. The van der Waals surface area contributed by atoms with Crippen LogP contribution in [0.4, 0.5) is 20.4 Å². The van der Waals surface area contributed by atoms with Crippen LogP contribution in [0.3, 0.4) is 0 Å². The van der Waals surface area contributed by atoms with E-state index in [9.17, 15) is 0 Å². The van der Waals surface area contributed by atoms with Crippen LogP contribution in [0, 0.1) is 11.6 Å². The molecule has 1 N–H and O–H groups in total. The Bertz CT molecular complexity index is 1480. The Kier molecular flexibility index (Phi) is 7.38. The molecule has 7 rings (SSSR count). The van der Waals surface area contributed by atoms with Crippen molar-refractivity contribution in [3.8, 4) is 5.69 Å². The third kappa shape index (κ3) is 5.97. The maximum atomic E-state index is 15.1. The molecular formula is C31H35F2N7O. The average Bonchev–Trinajstić information content (AvgIpc) is 3.76. The van der Waals surface area contributed by atoms with Crippen molar-refractivity contribution in [1.29, 1.82) is 0 Å². The maximum Gasteiger partial charge on any atom is 0.229 e. The number of morpholine rings is 1. The smallest absolute Gasteiger partial charge is 0.229 e. The zero-order chi connectivity index (χ0) is 27.8. The highest BCUT2D eigenvalue weighted by Crippen LogP contribution is 2.28. The highest BCUT2D eigenvalue weighted by atomic mass is 19.1.